The molecular weight excluding hydrogens is 224 g/mol. The average molecular weight is 240 g/mol. The Morgan fingerprint density at radius 3 is 2.50 bits per heavy atom. The molecule has 2 aromatic rings. The molecule has 0 amide bonds. The molecule has 18 heavy (non-hydrogen) atoms. The van der Waals surface area contributed by atoms with E-state index in [1.54, 1.807) is 0 Å². The Labute approximate surface area is 107 Å². The Bertz CT molecular complexity index is 527. The minimum atomic E-state index is 0.315. The van der Waals surface area contributed by atoms with Crippen molar-refractivity contribution in [1.82, 2.24) is 0 Å². The van der Waals surface area contributed by atoms with Gasteiger partial charge in [-0.1, -0.05) is 36.4 Å². The van der Waals surface area contributed by atoms with E-state index in [4.69, 9.17) is 9.47 Å². The molecule has 1 atom stereocenters. The molecule has 1 aliphatic rings. The van der Waals surface area contributed by atoms with Gasteiger partial charge < -0.3 is 9.47 Å². The van der Waals surface area contributed by atoms with Gasteiger partial charge >= 0.3 is 0 Å². The molecule has 2 aromatic carbocycles. The first kappa shape index (κ1) is 11.3. The summed E-state index contributed by atoms with van der Waals surface area (Å²) in [5.74, 6) is 0.905. The van der Waals surface area contributed by atoms with E-state index in [2.05, 4.69) is 31.2 Å². The third-order valence-electron chi connectivity index (χ3n) is 3.24. The summed E-state index contributed by atoms with van der Waals surface area (Å²) >= 11 is 0. The molecule has 1 aliphatic heterocycles. The Balaban J connectivity index is 1.64. The molecule has 0 aliphatic carbocycles. The van der Waals surface area contributed by atoms with Gasteiger partial charge in [0.2, 0.25) is 0 Å². The van der Waals surface area contributed by atoms with E-state index in [1.807, 2.05) is 24.3 Å². The van der Waals surface area contributed by atoms with Gasteiger partial charge in [0.05, 0.1) is 6.61 Å². The Morgan fingerprint density at radius 2 is 1.83 bits per heavy atom. The first-order chi connectivity index (χ1) is 8.83. The van der Waals surface area contributed by atoms with Gasteiger partial charge in [-0.2, -0.15) is 0 Å². The number of ether oxygens (including phenoxy) is 2. The van der Waals surface area contributed by atoms with Crippen LogP contribution in [0.3, 0.4) is 0 Å². The maximum atomic E-state index is 5.79. The third kappa shape index (κ3) is 2.54. The van der Waals surface area contributed by atoms with E-state index < -0.39 is 0 Å². The third-order valence-corrected chi connectivity index (χ3v) is 3.24. The summed E-state index contributed by atoms with van der Waals surface area (Å²) in [7, 11) is 0. The zero-order chi connectivity index (χ0) is 12.4. The predicted molar refractivity (Wildman–Crippen MR) is 70.6 cm³/mol. The fraction of sp³-hybridized carbons (Fsp3) is 0.250. The van der Waals surface area contributed by atoms with Crippen LogP contribution in [0.4, 0.5) is 0 Å². The predicted octanol–water partition coefficient (Wildman–Crippen LogP) is 3.65. The van der Waals surface area contributed by atoms with E-state index in [1.165, 1.54) is 16.7 Å². The fourth-order valence-corrected chi connectivity index (χ4v) is 1.95. The molecule has 1 heterocycles. The van der Waals surface area contributed by atoms with E-state index in [-0.39, 0.29) is 0 Å². The van der Waals surface area contributed by atoms with Crippen molar-refractivity contribution in [3.8, 4) is 5.75 Å². The smallest absolute Gasteiger partial charge is 0.119 e. The monoisotopic (exact) mass is 240 g/mol. The highest BCUT2D eigenvalue weighted by atomic mass is 16.6. The minimum Gasteiger partial charge on any atom is -0.489 e. The summed E-state index contributed by atoms with van der Waals surface area (Å²) in [5.41, 5.74) is 3.73. The van der Waals surface area contributed by atoms with Crippen LogP contribution in [0.1, 0.15) is 22.8 Å². The van der Waals surface area contributed by atoms with Crippen LogP contribution in [0.2, 0.25) is 0 Å². The van der Waals surface area contributed by atoms with Crippen molar-refractivity contribution >= 4 is 0 Å². The van der Waals surface area contributed by atoms with Crippen LogP contribution in [-0.2, 0) is 11.3 Å². The minimum absolute atomic E-state index is 0.315. The summed E-state index contributed by atoms with van der Waals surface area (Å²) in [6, 6.07) is 16.5. The number of rotatable bonds is 4. The van der Waals surface area contributed by atoms with Crippen LogP contribution in [0.15, 0.2) is 48.5 Å². The van der Waals surface area contributed by atoms with Crippen molar-refractivity contribution in [2.45, 2.75) is 19.6 Å². The lowest BCUT2D eigenvalue weighted by atomic mass is 10.1. The van der Waals surface area contributed by atoms with E-state index in [0.29, 0.717) is 12.7 Å². The van der Waals surface area contributed by atoms with E-state index >= 15 is 0 Å². The topological polar surface area (TPSA) is 21.8 Å². The van der Waals surface area contributed by atoms with Gasteiger partial charge in [-0.15, -0.1) is 0 Å². The van der Waals surface area contributed by atoms with E-state index in [9.17, 15) is 0 Å². The molecule has 0 unspecified atom stereocenters. The van der Waals surface area contributed by atoms with Crippen molar-refractivity contribution < 1.29 is 9.47 Å². The number of benzene rings is 2. The molecule has 2 heteroatoms. The lowest BCUT2D eigenvalue weighted by molar-refractivity contribution is 0.305. The van der Waals surface area contributed by atoms with Gasteiger partial charge in [0, 0.05) is 0 Å². The van der Waals surface area contributed by atoms with Crippen LogP contribution in [0.5, 0.6) is 5.75 Å². The Morgan fingerprint density at radius 1 is 1.11 bits per heavy atom. The van der Waals surface area contributed by atoms with E-state index in [0.717, 1.165) is 12.4 Å². The molecule has 0 radical (unpaired) electrons. The van der Waals surface area contributed by atoms with Crippen LogP contribution >= 0.6 is 0 Å². The highest BCUT2D eigenvalue weighted by Crippen LogP contribution is 2.30. The van der Waals surface area contributed by atoms with Gasteiger partial charge in [0.25, 0.3) is 0 Å². The summed E-state index contributed by atoms with van der Waals surface area (Å²) in [6.07, 6.45) is 0.315. The molecule has 0 N–H and O–H groups in total. The van der Waals surface area contributed by atoms with Crippen LogP contribution < -0.4 is 4.74 Å². The molecule has 0 spiro atoms. The highest BCUT2D eigenvalue weighted by molar-refractivity contribution is 5.31. The number of hydrogen-bond donors (Lipinski definition) is 0. The van der Waals surface area contributed by atoms with Crippen molar-refractivity contribution in [3.05, 3.63) is 65.2 Å². The Kier molecular flexibility index (Phi) is 3.03. The quantitative estimate of drug-likeness (QED) is 0.761. The molecule has 2 nitrogen and oxygen atoms in total. The van der Waals surface area contributed by atoms with Crippen LogP contribution in [0.25, 0.3) is 0 Å². The fourth-order valence-electron chi connectivity index (χ4n) is 1.95. The first-order valence-corrected chi connectivity index (χ1v) is 6.22. The molecule has 92 valence electrons. The normalized spacial score (nSPS) is 17.5. The standard InChI is InChI=1S/C16H16O2/c1-12-4-2-3-5-14(12)10-17-15-8-6-13(7-9-15)16-11-18-16/h2-9,16H,10-11H2,1H3/t16-/m0/s1. The largest absolute Gasteiger partial charge is 0.489 e. The zero-order valence-electron chi connectivity index (χ0n) is 10.4. The number of hydrogen-bond acceptors (Lipinski definition) is 2. The van der Waals surface area contributed by atoms with Gasteiger partial charge in [-0.3, -0.25) is 0 Å². The van der Waals surface area contributed by atoms with Crippen LogP contribution in [-0.4, -0.2) is 6.61 Å². The van der Waals surface area contributed by atoms with Crippen LogP contribution in [0, 0.1) is 6.92 Å². The van der Waals surface area contributed by atoms with Crippen molar-refractivity contribution in [3.63, 3.8) is 0 Å². The van der Waals surface area contributed by atoms with Crippen molar-refractivity contribution in [2.75, 3.05) is 6.61 Å². The lowest BCUT2D eigenvalue weighted by Crippen LogP contribution is -1.97. The molecular formula is C16H16O2. The van der Waals surface area contributed by atoms with Gasteiger partial charge in [-0.25, -0.2) is 0 Å². The maximum Gasteiger partial charge on any atom is 0.119 e. The molecule has 0 saturated carbocycles. The average Bonchev–Trinajstić information content (AvgIpc) is 3.23. The van der Waals surface area contributed by atoms with Crippen molar-refractivity contribution in [2.24, 2.45) is 0 Å². The summed E-state index contributed by atoms with van der Waals surface area (Å²) in [5, 5.41) is 0. The molecule has 3 rings (SSSR count). The SMILES string of the molecule is Cc1ccccc1COc1ccc([C@@H]2CO2)cc1. The van der Waals surface area contributed by atoms with Crippen molar-refractivity contribution in [1.29, 1.82) is 0 Å². The lowest BCUT2D eigenvalue weighted by Gasteiger charge is -2.08. The second kappa shape index (κ2) is 4.83. The summed E-state index contributed by atoms with van der Waals surface area (Å²) in [6.45, 7) is 3.57. The Hall–Kier alpha value is -1.80. The molecule has 1 saturated heterocycles. The zero-order valence-corrected chi connectivity index (χ0v) is 10.4. The molecule has 0 bridgehead atoms. The second-order valence-corrected chi connectivity index (χ2v) is 4.61. The highest BCUT2D eigenvalue weighted by Gasteiger charge is 2.24. The van der Waals surface area contributed by atoms with Gasteiger partial charge in [0.15, 0.2) is 0 Å². The number of aryl methyl sites for hydroxylation is 1. The summed E-state index contributed by atoms with van der Waals surface area (Å²) in [4.78, 5) is 0. The van der Waals surface area contributed by atoms with Gasteiger partial charge in [-0.05, 0) is 35.7 Å². The molecule has 0 aromatic heterocycles. The molecule has 1 fully saturated rings. The second-order valence-electron chi connectivity index (χ2n) is 4.61. The number of epoxide rings is 1. The van der Waals surface area contributed by atoms with Gasteiger partial charge in [0.1, 0.15) is 18.5 Å². The summed E-state index contributed by atoms with van der Waals surface area (Å²) < 4.78 is 11.0. The first-order valence-electron chi connectivity index (χ1n) is 6.22. The maximum absolute atomic E-state index is 5.79.